The van der Waals surface area contributed by atoms with Gasteiger partial charge in [-0.05, 0) is 79.9 Å². The van der Waals surface area contributed by atoms with Crippen molar-refractivity contribution in [3.63, 3.8) is 0 Å². The van der Waals surface area contributed by atoms with Crippen molar-refractivity contribution >= 4 is 23.2 Å². The summed E-state index contributed by atoms with van der Waals surface area (Å²) in [7, 11) is 5.20. The summed E-state index contributed by atoms with van der Waals surface area (Å²) >= 11 is 0. The Bertz CT molecular complexity index is 1830. The number of carbonyl (C=O) groups excluding carboxylic acids is 3. The lowest BCUT2D eigenvalue weighted by molar-refractivity contribution is -0.153. The van der Waals surface area contributed by atoms with Crippen LogP contribution in [0, 0.1) is 11.8 Å². The van der Waals surface area contributed by atoms with Crippen LogP contribution in [-0.4, -0.2) is 80.5 Å². The number of hydrogen-bond donors (Lipinski definition) is 5. The first-order valence-electron chi connectivity index (χ1n) is 15.2. The summed E-state index contributed by atoms with van der Waals surface area (Å²) in [6.45, 7) is 1.45. The Hall–Kier alpha value is -4.77. The van der Waals surface area contributed by atoms with Crippen LogP contribution in [0.1, 0.15) is 28.7 Å². The number of aliphatic hydroxyl groups is 3. The largest absolute Gasteiger partial charge is 0.508 e. The number of Topliss-reactive ketones (excluding diaryl/α,β-unsaturated/α-hetero) is 2. The molecule has 3 aliphatic rings. The first-order valence-corrected chi connectivity index (χ1v) is 15.2. The quantitative estimate of drug-likeness (QED) is 0.249. The third-order valence-electron chi connectivity index (χ3n) is 9.59. The Balaban J connectivity index is 1.41. The predicted molar refractivity (Wildman–Crippen MR) is 171 cm³/mol. The number of primary amides is 1. The number of likely N-dealkylation sites (N-methyl/N-ethyl adjacent to an activating group) is 1. The van der Waals surface area contributed by atoms with Gasteiger partial charge >= 0.3 is 0 Å². The second-order valence-electron chi connectivity index (χ2n) is 12.8. The standard InChI is InChI=1S/C36H37N3O7/c1-38(2)30-25-16-22-15-24-23(21-11-7-10-20(14-21)18-39(3)17-19-8-5-4-6-9-19)12-13-26(40)28(24)31(41)27(22)33(43)36(25,46)34(44)29(32(30)42)35(37)45/h4-14,22,25,30,40-41,44,46H,15-18H2,1-3H3,(H2,37,45)/t22-,25-,30-,36-/m0/s1. The van der Waals surface area contributed by atoms with Gasteiger partial charge in [-0.25, -0.2) is 0 Å². The number of nitrogens with zero attached hydrogens (tertiary/aromatic N) is 2. The maximum Gasteiger partial charge on any atom is 0.255 e. The fraction of sp³-hybridized carbons (Fsp3) is 0.306. The van der Waals surface area contributed by atoms with Crippen molar-refractivity contribution in [1.82, 2.24) is 9.80 Å². The molecule has 0 bridgehead atoms. The number of rotatable bonds is 7. The molecule has 3 aliphatic carbocycles. The highest BCUT2D eigenvalue weighted by Gasteiger charge is 2.64. The molecule has 10 nitrogen and oxygen atoms in total. The molecule has 6 N–H and O–H groups in total. The minimum absolute atomic E-state index is 0.0329. The van der Waals surface area contributed by atoms with E-state index in [-0.39, 0.29) is 29.7 Å². The lowest BCUT2D eigenvalue weighted by Gasteiger charge is -2.50. The van der Waals surface area contributed by atoms with Crippen LogP contribution in [0.4, 0.5) is 0 Å². The number of carbonyl (C=O) groups is 3. The molecular weight excluding hydrogens is 586 g/mol. The van der Waals surface area contributed by atoms with Crippen LogP contribution in [0.15, 0.2) is 83.6 Å². The molecule has 238 valence electrons. The van der Waals surface area contributed by atoms with Crippen LogP contribution >= 0.6 is 0 Å². The fourth-order valence-corrected chi connectivity index (χ4v) is 7.61. The summed E-state index contributed by atoms with van der Waals surface area (Å²) in [6, 6.07) is 20.3. The number of nitrogens with two attached hydrogens (primary N) is 1. The Morgan fingerprint density at radius 1 is 0.935 bits per heavy atom. The summed E-state index contributed by atoms with van der Waals surface area (Å²) < 4.78 is 0. The summed E-state index contributed by atoms with van der Waals surface area (Å²) in [5.74, 6) is -6.70. The van der Waals surface area contributed by atoms with Crippen LogP contribution in [0.25, 0.3) is 16.9 Å². The normalized spacial score (nSPS) is 24.3. The highest BCUT2D eigenvalue weighted by Crippen LogP contribution is 2.53. The third kappa shape index (κ3) is 4.89. The number of aromatic hydroxyl groups is 1. The molecule has 10 heteroatoms. The summed E-state index contributed by atoms with van der Waals surface area (Å²) in [4.78, 5) is 43.4. The predicted octanol–water partition coefficient (Wildman–Crippen LogP) is 3.26. The maximum atomic E-state index is 14.1. The minimum Gasteiger partial charge on any atom is -0.508 e. The van der Waals surface area contributed by atoms with E-state index in [9.17, 15) is 34.8 Å². The molecule has 1 amide bonds. The smallest absolute Gasteiger partial charge is 0.255 e. The van der Waals surface area contributed by atoms with Gasteiger partial charge in [-0.2, -0.15) is 0 Å². The summed E-state index contributed by atoms with van der Waals surface area (Å²) in [5.41, 5.74) is 6.32. The van der Waals surface area contributed by atoms with E-state index in [0.29, 0.717) is 12.1 Å². The van der Waals surface area contributed by atoms with Gasteiger partial charge in [0.15, 0.2) is 11.4 Å². The summed E-state index contributed by atoms with van der Waals surface area (Å²) in [5, 5.41) is 45.4. The lowest BCUT2D eigenvalue weighted by atomic mass is 9.57. The molecule has 0 aliphatic heterocycles. The molecule has 4 atom stereocenters. The zero-order chi connectivity index (χ0) is 33.1. The first kappa shape index (κ1) is 31.2. The van der Waals surface area contributed by atoms with Gasteiger partial charge in [0.25, 0.3) is 5.91 Å². The van der Waals surface area contributed by atoms with Crippen molar-refractivity contribution < 1.29 is 34.8 Å². The maximum absolute atomic E-state index is 14.1. The molecule has 6 rings (SSSR count). The second kappa shape index (κ2) is 11.5. The number of phenols is 1. The first-order chi connectivity index (χ1) is 21.8. The molecule has 0 heterocycles. The molecule has 3 aromatic carbocycles. The Kier molecular flexibility index (Phi) is 7.84. The molecule has 0 radical (unpaired) electrons. The van der Waals surface area contributed by atoms with Crippen LogP contribution in [0.5, 0.6) is 5.75 Å². The van der Waals surface area contributed by atoms with Crippen LogP contribution in [0.3, 0.4) is 0 Å². The van der Waals surface area contributed by atoms with Gasteiger partial charge in [-0.1, -0.05) is 54.6 Å². The zero-order valence-corrected chi connectivity index (χ0v) is 25.9. The van der Waals surface area contributed by atoms with Crippen molar-refractivity contribution in [2.24, 2.45) is 17.6 Å². The Morgan fingerprint density at radius 2 is 1.61 bits per heavy atom. The van der Waals surface area contributed by atoms with E-state index in [2.05, 4.69) is 23.1 Å². The van der Waals surface area contributed by atoms with Crippen LogP contribution in [0.2, 0.25) is 0 Å². The van der Waals surface area contributed by atoms with E-state index in [1.54, 1.807) is 20.2 Å². The van der Waals surface area contributed by atoms with E-state index in [0.717, 1.165) is 23.2 Å². The second-order valence-corrected chi connectivity index (χ2v) is 12.8. The van der Waals surface area contributed by atoms with Crippen molar-refractivity contribution in [3.05, 3.63) is 106 Å². The number of hydrogen-bond acceptors (Lipinski definition) is 9. The van der Waals surface area contributed by atoms with Gasteiger partial charge in [0.1, 0.15) is 22.8 Å². The zero-order valence-electron chi connectivity index (χ0n) is 25.9. The molecule has 46 heavy (non-hydrogen) atoms. The van der Waals surface area contributed by atoms with Gasteiger partial charge in [-0.15, -0.1) is 0 Å². The highest BCUT2D eigenvalue weighted by atomic mass is 16.3. The number of fused-ring (bicyclic) bond motifs is 3. The number of amides is 1. The molecule has 1 fully saturated rings. The van der Waals surface area contributed by atoms with Crippen molar-refractivity contribution in [2.45, 2.75) is 37.6 Å². The average molecular weight is 624 g/mol. The Labute approximate surface area is 266 Å². The molecule has 3 aromatic rings. The SMILES string of the molecule is CN(Cc1ccccc1)Cc1cccc(-c2ccc(O)c3c2C[C@H]2C[C@H]4[C@H](N(C)C)C(=O)C(C(N)=O)=C(O)[C@@]4(O)C(=O)C2=C3O)c1. The molecule has 0 unspecified atom stereocenters. The average Bonchev–Trinajstić information content (AvgIpc) is 2.99. The number of benzene rings is 3. The van der Waals surface area contributed by atoms with Crippen LogP contribution in [-0.2, 0) is 33.9 Å². The Morgan fingerprint density at radius 3 is 2.28 bits per heavy atom. The monoisotopic (exact) mass is 623 g/mol. The molecule has 0 spiro atoms. The fourth-order valence-electron chi connectivity index (χ4n) is 7.61. The highest BCUT2D eigenvalue weighted by molar-refractivity contribution is 6.24. The van der Waals surface area contributed by atoms with E-state index in [4.69, 9.17) is 5.73 Å². The molecule has 0 aromatic heterocycles. The van der Waals surface area contributed by atoms with Crippen molar-refractivity contribution in [2.75, 3.05) is 21.1 Å². The number of phenolic OH excluding ortho intramolecular Hbond substituents is 1. The third-order valence-corrected chi connectivity index (χ3v) is 9.59. The van der Waals surface area contributed by atoms with E-state index < -0.39 is 58.0 Å². The van der Waals surface area contributed by atoms with Crippen molar-refractivity contribution in [1.29, 1.82) is 0 Å². The van der Waals surface area contributed by atoms with Crippen LogP contribution < -0.4 is 5.73 Å². The van der Waals surface area contributed by atoms with Gasteiger partial charge in [0.2, 0.25) is 5.78 Å². The van der Waals surface area contributed by atoms with Gasteiger partial charge in [0.05, 0.1) is 11.6 Å². The van der Waals surface area contributed by atoms with Gasteiger partial charge in [-0.3, -0.25) is 24.2 Å². The molecular formula is C36H37N3O7. The lowest BCUT2D eigenvalue weighted by Crippen LogP contribution is -2.65. The van der Waals surface area contributed by atoms with Gasteiger partial charge in [0, 0.05) is 24.6 Å². The molecule has 0 saturated heterocycles. The topological polar surface area (TPSA) is 165 Å². The summed E-state index contributed by atoms with van der Waals surface area (Å²) in [6.07, 6.45) is 0.252. The number of ketones is 2. The number of aliphatic hydroxyl groups excluding tert-OH is 2. The van der Waals surface area contributed by atoms with Gasteiger partial charge < -0.3 is 26.2 Å². The minimum atomic E-state index is -2.67. The van der Waals surface area contributed by atoms with Crippen molar-refractivity contribution in [3.8, 4) is 16.9 Å². The van der Waals surface area contributed by atoms with E-state index in [1.165, 1.54) is 16.5 Å². The van der Waals surface area contributed by atoms with E-state index in [1.807, 2.05) is 43.4 Å². The van der Waals surface area contributed by atoms with E-state index >= 15 is 0 Å². The molecule has 1 saturated carbocycles.